The van der Waals surface area contributed by atoms with E-state index in [1.54, 1.807) is 24.3 Å². The summed E-state index contributed by atoms with van der Waals surface area (Å²) in [5, 5.41) is 15.8. The predicted octanol–water partition coefficient (Wildman–Crippen LogP) is 3.62. The predicted molar refractivity (Wildman–Crippen MR) is 112 cm³/mol. The second-order valence-corrected chi connectivity index (χ2v) is 7.67. The molecular formula is C21H23ClN6O. The molecule has 4 rings (SSSR count). The number of aromatic nitrogens is 4. The van der Waals surface area contributed by atoms with Gasteiger partial charge in [0.05, 0.1) is 0 Å². The van der Waals surface area contributed by atoms with E-state index in [4.69, 9.17) is 11.6 Å². The number of nitrogens with zero attached hydrogens (tertiary/aromatic N) is 5. The number of tetrazole rings is 1. The zero-order valence-corrected chi connectivity index (χ0v) is 16.8. The quantitative estimate of drug-likeness (QED) is 0.671. The van der Waals surface area contributed by atoms with Crippen molar-refractivity contribution in [3.05, 3.63) is 59.1 Å². The van der Waals surface area contributed by atoms with E-state index < -0.39 is 0 Å². The second kappa shape index (κ2) is 9.15. The highest BCUT2D eigenvalue weighted by Crippen LogP contribution is 2.18. The van der Waals surface area contributed by atoms with E-state index in [0.29, 0.717) is 16.5 Å². The van der Waals surface area contributed by atoms with E-state index in [1.165, 1.54) is 42.7 Å². The van der Waals surface area contributed by atoms with Gasteiger partial charge in [-0.3, -0.25) is 9.69 Å². The van der Waals surface area contributed by atoms with Crippen LogP contribution in [0.2, 0.25) is 5.02 Å². The molecule has 1 aliphatic heterocycles. The van der Waals surface area contributed by atoms with Crippen LogP contribution in [0, 0.1) is 0 Å². The first-order valence-electron chi connectivity index (χ1n) is 9.81. The third-order valence-corrected chi connectivity index (χ3v) is 5.18. The summed E-state index contributed by atoms with van der Waals surface area (Å²) in [6, 6.07) is 15.2. The van der Waals surface area contributed by atoms with Crippen LogP contribution in [0.1, 0.15) is 24.8 Å². The Balaban J connectivity index is 1.34. The number of carbonyl (C=O) groups excluding carboxylic acids is 1. The van der Waals surface area contributed by atoms with Gasteiger partial charge >= 0.3 is 0 Å². The number of rotatable bonds is 6. The first kappa shape index (κ1) is 19.5. The summed E-state index contributed by atoms with van der Waals surface area (Å²) >= 11 is 5.85. The summed E-state index contributed by atoms with van der Waals surface area (Å²) in [5.41, 5.74) is 2.84. The Hall–Kier alpha value is -2.77. The van der Waals surface area contributed by atoms with Gasteiger partial charge in [-0.15, -0.1) is 10.2 Å². The number of hydrogen-bond donors (Lipinski definition) is 1. The fourth-order valence-corrected chi connectivity index (χ4v) is 3.55. The molecule has 0 bridgehead atoms. The van der Waals surface area contributed by atoms with E-state index in [9.17, 15) is 4.79 Å². The molecule has 3 aromatic rings. The topological polar surface area (TPSA) is 75.9 Å². The number of nitrogens with one attached hydrogen (secondary N) is 1. The Labute approximate surface area is 174 Å². The van der Waals surface area contributed by atoms with Crippen molar-refractivity contribution in [2.24, 2.45) is 0 Å². The van der Waals surface area contributed by atoms with Crippen molar-refractivity contribution in [3.8, 4) is 11.4 Å². The number of likely N-dealkylation sites (tertiary alicyclic amines) is 1. The summed E-state index contributed by atoms with van der Waals surface area (Å²) in [5.74, 6) is 0.280. The Morgan fingerprint density at radius 1 is 1.00 bits per heavy atom. The first-order valence-corrected chi connectivity index (χ1v) is 10.2. The first-order chi connectivity index (χ1) is 14.2. The van der Waals surface area contributed by atoms with Crippen molar-refractivity contribution in [1.29, 1.82) is 0 Å². The number of benzene rings is 2. The van der Waals surface area contributed by atoms with Crippen LogP contribution in [0.4, 0.5) is 5.69 Å². The third kappa shape index (κ3) is 5.40. The maximum Gasteiger partial charge on any atom is 0.248 e. The number of halogens is 1. The maximum atomic E-state index is 12.2. The van der Waals surface area contributed by atoms with Gasteiger partial charge in [-0.25, -0.2) is 0 Å². The molecule has 8 heteroatoms. The molecule has 0 radical (unpaired) electrons. The Morgan fingerprint density at radius 3 is 2.45 bits per heavy atom. The van der Waals surface area contributed by atoms with Crippen LogP contribution < -0.4 is 5.32 Å². The average Bonchev–Trinajstić information content (AvgIpc) is 3.19. The van der Waals surface area contributed by atoms with Crippen molar-refractivity contribution >= 4 is 23.2 Å². The van der Waals surface area contributed by atoms with Crippen LogP contribution >= 0.6 is 11.6 Å². The lowest BCUT2D eigenvalue weighted by Gasteiger charge is -2.26. The van der Waals surface area contributed by atoms with Gasteiger partial charge < -0.3 is 5.32 Å². The van der Waals surface area contributed by atoms with E-state index >= 15 is 0 Å². The Morgan fingerprint density at radius 2 is 1.72 bits per heavy atom. The third-order valence-electron chi connectivity index (χ3n) is 4.93. The number of amides is 1. The Kier molecular flexibility index (Phi) is 6.17. The molecule has 0 atom stereocenters. The van der Waals surface area contributed by atoms with Gasteiger partial charge in [0.2, 0.25) is 11.7 Å². The SMILES string of the molecule is O=C(Cn1nnc(-c2ccc(CN3CCCCC3)cc2)n1)Nc1ccc(Cl)cc1. The van der Waals surface area contributed by atoms with Crippen molar-refractivity contribution < 1.29 is 4.79 Å². The minimum atomic E-state index is -0.229. The summed E-state index contributed by atoms with van der Waals surface area (Å²) in [4.78, 5) is 16.0. The van der Waals surface area contributed by atoms with Crippen molar-refractivity contribution in [2.75, 3.05) is 18.4 Å². The minimum absolute atomic E-state index is 0.0112. The van der Waals surface area contributed by atoms with E-state index in [2.05, 4.69) is 37.8 Å². The van der Waals surface area contributed by atoms with Gasteiger partial charge in [-0.2, -0.15) is 4.80 Å². The summed E-state index contributed by atoms with van der Waals surface area (Å²) in [6.45, 7) is 3.32. The van der Waals surface area contributed by atoms with Crippen LogP contribution in [0.15, 0.2) is 48.5 Å². The molecule has 1 N–H and O–H groups in total. The van der Waals surface area contributed by atoms with E-state index in [1.807, 2.05) is 12.1 Å². The van der Waals surface area contributed by atoms with Gasteiger partial charge in [-0.1, -0.05) is 42.3 Å². The summed E-state index contributed by atoms with van der Waals surface area (Å²) in [6.07, 6.45) is 3.92. The summed E-state index contributed by atoms with van der Waals surface area (Å²) in [7, 11) is 0. The van der Waals surface area contributed by atoms with Gasteiger partial charge in [0.15, 0.2) is 0 Å². The molecule has 1 amide bonds. The highest BCUT2D eigenvalue weighted by Gasteiger charge is 2.12. The van der Waals surface area contributed by atoms with Crippen molar-refractivity contribution in [3.63, 3.8) is 0 Å². The molecule has 7 nitrogen and oxygen atoms in total. The number of hydrogen-bond acceptors (Lipinski definition) is 5. The molecule has 2 heterocycles. The molecule has 1 aromatic heterocycles. The molecule has 29 heavy (non-hydrogen) atoms. The maximum absolute atomic E-state index is 12.2. The van der Waals surface area contributed by atoms with Crippen LogP contribution in [-0.4, -0.2) is 44.1 Å². The Bertz CT molecular complexity index is 948. The van der Waals surface area contributed by atoms with Gasteiger partial charge in [0, 0.05) is 22.8 Å². The van der Waals surface area contributed by atoms with Crippen LogP contribution in [0.25, 0.3) is 11.4 Å². The molecule has 2 aromatic carbocycles. The lowest BCUT2D eigenvalue weighted by Crippen LogP contribution is -2.28. The van der Waals surface area contributed by atoms with E-state index in [0.717, 1.165) is 12.1 Å². The highest BCUT2D eigenvalue weighted by atomic mass is 35.5. The fourth-order valence-electron chi connectivity index (χ4n) is 3.42. The number of carbonyl (C=O) groups is 1. The lowest BCUT2D eigenvalue weighted by molar-refractivity contribution is -0.117. The lowest BCUT2D eigenvalue weighted by atomic mass is 10.1. The molecule has 0 aliphatic carbocycles. The molecule has 0 spiro atoms. The summed E-state index contributed by atoms with van der Waals surface area (Å²) < 4.78 is 0. The van der Waals surface area contributed by atoms with Gasteiger partial charge in [-0.05, 0) is 61.0 Å². The van der Waals surface area contributed by atoms with Crippen LogP contribution in [0.3, 0.4) is 0 Å². The largest absolute Gasteiger partial charge is 0.324 e. The zero-order valence-electron chi connectivity index (χ0n) is 16.1. The number of anilines is 1. The molecule has 0 unspecified atom stereocenters. The molecule has 150 valence electrons. The fraction of sp³-hybridized carbons (Fsp3) is 0.333. The second-order valence-electron chi connectivity index (χ2n) is 7.23. The highest BCUT2D eigenvalue weighted by molar-refractivity contribution is 6.30. The zero-order chi connectivity index (χ0) is 20.1. The molecule has 0 saturated carbocycles. The van der Waals surface area contributed by atoms with Crippen molar-refractivity contribution in [1.82, 2.24) is 25.1 Å². The minimum Gasteiger partial charge on any atom is -0.324 e. The smallest absolute Gasteiger partial charge is 0.248 e. The normalized spacial score (nSPS) is 14.7. The van der Waals surface area contributed by atoms with Gasteiger partial charge in [0.25, 0.3) is 0 Å². The van der Waals surface area contributed by atoms with Gasteiger partial charge in [0.1, 0.15) is 6.54 Å². The van der Waals surface area contributed by atoms with Crippen molar-refractivity contribution in [2.45, 2.75) is 32.4 Å². The number of piperidine rings is 1. The standard InChI is InChI=1S/C21H23ClN6O/c22-18-8-10-19(11-9-18)23-20(29)15-28-25-21(24-26-28)17-6-4-16(5-7-17)14-27-12-2-1-3-13-27/h4-11H,1-3,12-15H2,(H,23,29). The van der Waals surface area contributed by atoms with Crippen LogP contribution in [-0.2, 0) is 17.9 Å². The van der Waals surface area contributed by atoms with E-state index in [-0.39, 0.29) is 12.5 Å². The average molecular weight is 411 g/mol. The molecule has 1 fully saturated rings. The molecule has 1 aliphatic rings. The monoisotopic (exact) mass is 410 g/mol. The molecule has 1 saturated heterocycles. The van der Waals surface area contributed by atoms with Crippen LogP contribution in [0.5, 0.6) is 0 Å². The molecular weight excluding hydrogens is 388 g/mol.